The highest BCUT2D eigenvalue weighted by molar-refractivity contribution is 7.92. The van der Waals surface area contributed by atoms with Crippen LogP contribution in [-0.2, 0) is 16.4 Å². The second kappa shape index (κ2) is 8.59. The molecule has 0 aliphatic heterocycles. The molecule has 0 bridgehead atoms. The predicted octanol–water partition coefficient (Wildman–Crippen LogP) is 2.99. The molecule has 1 N–H and O–H groups in total. The lowest BCUT2D eigenvalue weighted by atomic mass is 10.2. The summed E-state index contributed by atoms with van der Waals surface area (Å²) in [7, 11) is -3.77. The van der Waals surface area contributed by atoms with Crippen LogP contribution in [0.3, 0.4) is 0 Å². The number of hydrogen-bond donors (Lipinski definition) is 1. The number of benzene rings is 1. The number of hydrogen-bond acceptors (Lipinski definition) is 6. The van der Waals surface area contributed by atoms with Crippen LogP contribution in [0.4, 0.5) is 5.82 Å². The largest absolute Gasteiger partial charge is 0.475 e. The van der Waals surface area contributed by atoms with Crippen LogP contribution in [0.25, 0.3) is 0 Å². The first kappa shape index (κ1) is 18.8. The molecule has 0 atom stereocenters. The van der Waals surface area contributed by atoms with Gasteiger partial charge in [-0.25, -0.2) is 18.4 Å². The highest BCUT2D eigenvalue weighted by Crippen LogP contribution is 2.22. The quantitative estimate of drug-likeness (QED) is 0.600. The lowest BCUT2D eigenvalue weighted by Crippen LogP contribution is -2.15. The summed E-state index contributed by atoms with van der Waals surface area (Å²) in [5, 5.41) is 0. The standard InChI is InChI=1S/C19H20N4O3S/c1-15-7-9-17(10-8-15)27(24,25)23-18-19(22-13-12-21-18)26-14-4-6-16-5-2-3-11-20-16/h2-3,5,7-13H,4,6,14H2,1H3,(H,21,23). The van der Waals surface area contributed by atoms with Crippen LogP contribution >= 0.6 is 0 Å². The molecule has 3 rings (SSSR count). The molecule has 0 aliphatic carbocycles. The third-order valence-electron chi connectivity index (χ3n) is 3.77. The molecule has 140 valence electrons. The SMILES string of the molecule is Cc1ccc(S(=O)(=O)Nc2nccnc2OCCCc2ccccn2)cc1. The molecule has 8 heteroatoms. The fraction of sp³-hybridized carbons (Fsp3) is 0.211. The molecule has 2 heterocycles. The van der Waals surface area contributed by atoms with E-state index in [2.05, 4.69) is 19.7 Å². The zero-order chi connectivity index (χ0) is 19.1. The number of nitrogens with one attached hydrogen (secondary N) is 1. The predicted molar refractivity (Wildman–Crippen MR) is 102 cm³/mol. The van der Waals surface area contributed by atoms with Crippen molar-refractivity contribution in [3.05, 3.63) is 72.3 Å². The summed E-state index contributed by atoms with van der Waals surface area (Å²) in [6, 6.07) is 12.3. The Morgan fingerprint density at radius 1 is 0.963 bits per heavy atom. The van der Waals surface area contributed by atoms with Gasteiger partial charge in [0.05, 0.1) is 11.5 Å². The molecule has 0 unspecified atom stereocenters. The molecule has 3 aromatic rings. The van der Waals surface area contributed by atoms with Gasteiger partial charge in [0.2, 0.25) is 5.82 Å². The zero-order valence-corrected chi connectivity index (χ0v) is 15.7. The van der Waals surface area contributed by atoms with Crippen molar-refractivity contribution in [2.75, 3.05) is 11.3 Å². The Kier molecular flexibility index (Phi) is 5.97. The normalized spacial score (nSPS) is 11.1. The summed E-state index contributed by atoms with van der Waals surface area (Å²) >= 11 is 0. The number of aromatic nitrogens is 3. The van der Waals surface area contributed by atoms with E-state index >= 15 is 0 Å². The maximum Gasteiger partial charge on any atom is 0.263 e. The Labute approximate surface area is 158 Å². The third-order valence-corrected chi connectivity index (χ3v) is 5.12. The van der Waals surface area contributed by atoms with Crippen molar-refractivity contribution in [3.8, 4) is 5.88 Å². The number of ether oxygens (including phenoxy) is 1. The fourth-order valence-electron chi connectivity index (χ4n) is 2.37. The minimum atomic E-state index is -3.77. The average Bonchev–Trinajstić information content (AvgIpc) is 2.67. The van der Waals surface area contributed by atoms with Gasteiger partial charge >= 0.3 is 0 Å². The minimum absolute atomic E-state index is 0.0657. The summed E-state index contributed by atoms with van der Waals surface area (Å²) in [6.45, 7) is 2.26. The molecule has 27 heavy (non-hydrogen) atoms. The van der Waals surface area contributed by atoms with Gasteiger partial charge in [-0.1, -0.05) is 23.8 Å². The highest BCUT2D eigenvalue weighted by Gasteiger charge is 2.18. The number of anilines is 1. The molecule has 0 aliphatic rings. The molecule has 1 aromatic carbocycles. The van der Waals surface area contributed by atoms with Crippen LogP contribution in [0.15, 0.2) is 66.0 Å². The van der Waals surface area contributed by atoms with E-state index in [1.54, 1.807) is 30.5 Å². The van der Waals surface area contributed by atoms with Crippen molar-refractivity contribution < 1.29 is 13.2 Å². The Morgan fingerprint density at radius 3 is 2.48 bits per heavy atom. The fourth-order valence-corrected chi connectivity index (χ4v) is 3.38. The van der Waals surface area contributed by atoms with Crippen LogP contribution < -0.4 is 9.46 Å². The van der Waals surface area contributed by atoms with Crippen LogP contribution in [0.2, 0.25) is 0 Å². The van der Waals surface area contributed by atoms with Crippen molar-refractivity contribution in [3.63, 3.8) is 0 Å². The average molecular weight is 384 g/mol. The number of rotatable bonds is 8. The van der Waals surface area contributed by atoms with E-state index in [0.29, 0.717) is 6.61 Å². The van der Waals surface area contributed by atoms with Crippen molar-refractivity contribution in [1.82, 2.24) is 15.0 Å². The van der Waals surface area contributed by atoms with Gasteiger partial charge in [-0.3, -0.25) is 9.71 Å². The van der Waals surface area contributed by atoms with Crippen molar-refractivity contribution in [2.24, 2.45) is 0 Å². The van der Waals surface area contributed by atoms with Crippen molar-refractivity contribution in [1.29, 1.82) is 0 Å². The summed E-state index contributed by atoms with van der Waals surface area (Å²) in [5.74, 6) is 0.213. The zero-order valence-electron chi connectivity index (χ0n) is 14.9. The number of sulfonamides is 1. The van der Waals surface area contributed by atoms with Crippen molar-refractivity contribution >= 4 is 15.8 Å². The molecule has 0 radical (unpaired) electrons. The van der Waals surface area contributed by atoms with Gasteiger partial charge in [-0.2, -0.15) is 0 Å². The first-order valence-corrected chi connectivity index (χ1v) is 9.96. The first-order valence-electron chi connectivity index (χ1n) is 8.48. The molecular weight excluding hydrogens is 364 g/mol. The van der Waals surface area contributed by atoms with E-state index in [1.165, 1.54) is 12.4 Å². The van der Waals surface area contributed by atoms with E-state index in [4.69, 9.17) is 4.74 Å². The highest BCUT2D eigenvalue weighted by atomic mass is 32.2. The van der Waals surface area contributed by atoms with Crippen LogP contribution in [0.5, 0.6) is 5.88 Å². The van der Waals surface area contributed by atoms with Gasteiger partial charge in [0.15, 0.2) is 0 Å². The molecule has 0 amide bonds. The lowest BCUT2D eigenvalue weighted by molar-refractivity contribution is 0.299. The van der Waals surface area contributed by atoms with Crippen LogP contribution in [-0.4, -0.2) is 30.0 Å². The third kappa shape index (κ3) is 5.24. The number of nitrogens with zero attached hydrogens (tertiary/aromatic N) is 3. The van der Waals surface area contributed by atoms with Gasteiger partial charge in [-0.05, 0) is 44.0 Å². The molecule has 0 spiro atoms. The van der Waals surface area contributed by atoms with E-state index in [-0.39, 0.29) is 16.6 Å². The Bertz CT molecular complexity index is 977. The smallest absolute Gasteiger partial charge is 0.263 e. The lowest BCUT2D eigenvalue weighted by Gasteiger charge is -2.11. The minimum Gasteiger partial charge on any atom is -0.475 e. The van der Waals surface area contributed by atoms with E-state index < -0.39 is 10.0 Å². The van der Waals surface area contributed by atoms with Gasteiger partial charge in [0, 0.05) is 24.3 Å². The van der Waals surface area contributed by atoms with Gasteiger partial charge < -0.3 is 4.74 Å². The number of aryl methyl sites for hydroxylation is 2. The Hall–Kier alpha value is -3.00. The van der Waals surface area contributed by atoms with Gasteiger partial charge in [0.1, 0.15) is 0 Å². The first-order chi connectivity index (χ1) is 13.0. The van der Waals surface area contributed by atoms with Gasteiger partial charge in [0.25, 0.3) is 15.9 Å². The molecule has 2 aromatic heterocycles. The Morgan fingerprint density at radius 2 is 1.74 bits per heavy atom. The summed E-state index contributed by atoms with van der Waals surface area (Å²) < 4.78 is 33.1. The maximum absolute atomic E-state index is 12.5. The topological polar surface area (TPSA) is 94.1 Å². The van der Waals surface area contributed by atoms with Gasteiger partial charge in [-0.15, -0.1) is 0 Å². The Balaban J connectivity index is 1.64. The molecule has 0 saturated heterocycles. The van der Waals surface area contributed by atoms with E-state index in [0.717, 1.165) is 24.1 Å². The van der Waals surface area contributed by atoms with E-state index in [9.17, 15) is 8.42 Å². The molecule has 0 fully saturated rings. The molecule has 0 saturated carbocycles. The molecule has 7 nitrogen and oxygen atoms in total. The second-order valence-electron chi connectivity index (χ2n) is 5.90. The second-order valence-corrected chi connectivity index (χ2v) is 7.58. The summed E-state index contributed by atoms with van der Waals surface area (Å²) in [5.41, 5.74) is 1.95. The monoisotopic (exact) mass is 384 g/mol. The van der Waals surface area contributed by atoms with Crippen molar-refractivity contribution in [2.45, 2.75) is 24.7 Å². The maximum atomic E-state index is 12.5. The summed E-state index contributed by atoms with van der Waals surface area (Å²) in [6.07, 6.45) is 6.09. The molecular formula is C19H20N4O3S. The summed E-state index contributed by atoms with van der Waals surface area (Å²) in [4.78, 5) is 12.5. The van der Waals surface area contributed by atoms with Crippen LogP contribution in [0, 0.1) is 6.92 Å². The number of pyridine rings is 1. The van der Waals surface area contributed by atoms with Crippen LogP contribution in [0.1, 0.15) is 17.7 Å². The van der Waals surface area contributed by atoms with E-state index in [1.807, 2.05) is 25.1 Å².